The number of hydrogen-bond donors (Lipinski definition) is 0. The second-order valence-electron chi connectivity index (χ2n) is 13.7. The van der Waals surface area contributed by atoms with Crippen molar-refractivity contribution in [3.05, 3.63) is 156 Å². The van der Waals surface area contributed by atoms with Crippen molar-refractivity contribution in [1.29, 1.82) is 0 Å². The molecule has 0 spiro atoms. The fraction of sp³-hybridized carbons (Fsp3) is 0.292. The van der Waals surface area contributed by atoms with Gasteiger partial charge in [-0.15, -0.1) is 0 Å². The van der Waals surface area contributed by atoms with Crippen LogP contribution in [-0.4, -0.2) is 97.4 Å². The number of rotatable bonds is 20. The molecule has 2 heterocycles. The summed E-state index contributed by atoms with van der Waals surface area (Å²) in [5.41, 5.74) is 8.82. The Morgan fingerprint density at radius 1 is 0.525 bits per heavy atom. The van der Waals surface area contributed by atoms with Crippen molar-refractivity contribution >= 4 is 49.7 Å². The Bertz CT molecular complexity index is 1990. The maximum absolute atomic E-state index is 11.1. The second kappa shape index (κ2) is 24.3. The molecule has 0 radical (unpaired) electrons. The first-order chi connectivity index (χ1) is 28.2. The summed E-state index contributed by atoms with van der Waals surface area (Å²) >= 11 is 0. The van der Waals surface area contributed by atoms with E-state index in [9.17, 15) is 19.8 Å². The van der Waals surface area contributed by atoms with Crippen LogP contribution in [0.3, 0.4) is 0 Å². The van der Waals surface area contributed by atoms with Gasteiger partial charge in [-0.05, 0) is 98.5 Å². The normalized spacial score (nSPS) is 11.7. The molecule has 0 aliphatic rings. The van der Waals surface area contributed by atoms with Crippen LogP contribution in [0.25, 0.3) is 22.5 Å². The van der Waals surface area contributed by atoms with Crippen LogP contribution in [0.4, 0.5) is 0 Å². The van der Waals surface area contributed by atoms with Crippen molar-refractivity contribution in [3.63, 3.8) is 0 Å². The molecule has 11 heteroatoms. The van der Waals surface area contributed by atoms with Crippen molar-refractivity contribution in [2.75, 3.05) is 26.4 Å². The first kappa shape index (κ1) is 46.8. The van der Waals surface area contributed by atoms with E-state index in [-0.39, 0.29) is 50.6 Å². The molecular weight excluding hydrogens is 773 g/mol. The number of aromatic nitrogens is 2. The van der Waals surface area contributed by atoms with Gasteiger partial charge in [-0.1, -0.05) is 84.9 Å². The van der Waals surface area contributed by atoms with Gasteiger partial charge in [0, 0.05) is 48.8 Å². The van der Waals surface area contributed by atoms with E-state index in [1.165, 1.54) is 33.9 Å². The quantitative estimate of drug-likeness (QED) is 0.0847. The summed E-state index contributed by atoms with van der Waals surface area (Å²) in [4.78, 5) is 22.2. The first-order valence-corrected chi connectivity index (χ1v) is 19.7. The molecule has 0 N–H and O–H groups in total. The molecule has 0 saturated carbocycles. The fourth-order valence-electron chi connectivity index (χ4n) is 6.66. The third kappa shape index (κ3) is 14.2. The van der Waals surface area contributed by atoms with Crippen molar-refractivity contribution in [2.24, 2.45) is 0 Å². The van der Waals surface area contributed by atoms with Crippen LogP contribution in [-0.2, 0) is 45.0 Å². The Balaban J connectivity index is 0.000000256. The maximum Gasteiger partial charge on any atom is 2.00 e. The first-order valence-electron chi connectivity index (χ1n) is 19.7. The van der Waals surface area contributed by atoms with Gasteiger partial charge < -0.3 is 47.9 Å². The molecule has 2 unspecified atom stereocenters. The van der Waals surface area contributed by atoms with Crippen LogP contribution < -0.4 is 19.7 Å². The third-order valence-corrected chi connectivity index (χ3v) is 9.65. The molecular formula is C48H52CaN2O8. The van der Waals surface area contributed by atoms with Gasteiger partial charge in [-0.2, -0.15) is 0 Å². The van der Waals surface area contributed by atoms with E-state index in [0.717, 1.165) is 35.7 Å². The zero-order chi connectivity index (χ0) is 41.3. The number of benzene rings is 4. The predicted octanol–water partition coefficient (Wildman–Crippen LogP) is 6.10. The van der Waals surface area contributed by atoms with Crippen LogP contribution in [0.15, 0.2) is 133 Å². The number of carboxylic acids is 2. The number of carbonyl (C=O) groups excluding carboxylic acids is 2. The Morgan fingerprint density at radius 2 is 0.881 bits per heavy atom. The van der Waals surface area contributed by atoms with Crippen molar-refractivity contribution in [3.8, 4) is 34.0 Å². The minimum absolute atomic E-state index is 0. The summed E-state index contributed by atoms with van der Waals surface area (Å²) in [6, 6.07) is 44.0. The molecule has 6 aromatic rings. The van der Waals surface area contributed by atoms with Crippen molar-refractivity contribution in [2.45, 2.75) is 65.8 Å². The van der Waals surface area contributed by atoms with Gasteiger partial charge in [0.05, 0.1) is 25.0 Å². The second-order valence-corrected chi connectivity index (χ2v) is 13.7. The molecule has 59 heavy (non-hydrogen) atoms. The summed E-state index contributed by atoms with van der Waals surface area (Å²) in [6.45, 7) is 10.9. The molecule has 0 amide bonds. The van der Waals surface area contributed by atoms with Gasteiger partial charge >= 0.3 is 37.7 Å². The summed E-state index contributed by atoms with van der Waals surface area (Å²) in [5.74, 6) is -0.880. The van der Waals surface area contributed by atoms with Gasteiger partial charge in [0.2, 0.25) is 0 Å². The SMILES string of the molecule is CCOC(Cc1ccc(OCCn2c(C)ccc2-c2ccccc2)cc1)C(=O)[O-].CCOC(Cc1ccc(OCCn2c(C)ccc2-c2ccccc2)cc1)C(=O)[O-].[Ca+2]. The van der Waals surface area contributed by atoms with Crippen molar-refractivity contribution in [1.82, 2.24) is 9.13 Å². The average molecular weight is 825 g/mol. The van der Waals surface area contributed by atoms with Gasteiger partial charge in [0.25, 0.3) is 0 Å². The van der Waals surface area contributed by atoms with E-state index < -0.39 is 24.1 Å². The molecule has 6 rings (SSSR count). The molecule has 0 saturated heterocycles. The van der Waals surface area contributed by atoms with Crippen LogP contribution in [0.1, 0.15) is 36.4 Å². The molecule has 0 fully saturated rings. The van der Waals surface area contributed by atoms with E-state index in [1.807, 2.05) is 84.9 Å². The molecule has 2 atom stereocenters. The topological polar surface area (TPSA) is 127 Å². The molecule has 304 valence electrons. The van der Waals surface area contributed by atoms with Crippen LogP contribution in [0.5, 0.6) is 11.5 Å². The smallest absolute Gasteiger partial charge is 0.547 e. The minimum atomic E-state index is -1.19. The molecule has 0 aliphatic heterocycles. The number of carbonyl (C=O) groups is 2. The average Bonchev–Trinajstić information content (AvgIpc) is 3.80. The number of nitrogens with zero attached hydrogens (tertiary/aromatic N) is 2. The van der Waals surface area contributed by atoms with E-state index in [2.05, 4.69) is 71.5 Å². The van der Waals surface area contributed by atoms with Gasteiger partial charge in [-0.25, -0.2) is 0 Å². The number of aryl methyl sites for hydroxylation is 2. The minimum Gasteiger partial charge on any atom is -0.547 e. The maximum atomic E-state index is 11.1. The monoisotopic (exact) mass is 824 g/mol. The molecule has 0 bridgehead atoms. The Kier molecular flexibility index (Phi) is 19.3. The number of ether oxygens (including phenoxy) is 4. The van der Waals surface area contributed by atoms with E-state index in [1.54, 1.807) is 13.8 Å². The number of hydrogen-bond acceptors (Lipinski definition) is 8. The number of aliphatic carboxylic acids is 2. The zero-order valence-electron chi connectivity index (χ0n) is 34.4. The van der Waals surface area contributed by atoms with E-state index in [4.69, 9.17) is 18.9 Å². The Hall–Kier alpha value is -4.84. The zero-order valence-corrected chi connectivity index (χ0v) is 36.6. The number of carboxylic acid groups (broad SMARTS) is 2. The summed E-state index contributed by atoms with van der Waals surface area (Å²) in [6.07, 6.45) is -1.31. The van der Waals surface area contributed by atoms with Crippen LogP contribution in [0.2, 0.25) is 0 Å². The fourth-order valence-corrected chi connectivity index (χ4v) is 6.66. The van der Waals surface area contributed by atoms with Gasteiger partial charge in [-0.3, -0.25) is 0 Å². The van der Waals surface area contributed by atoms with Crippen LogP contribution >= 0.6 is 0 Å². The molecule has 4 aromatic carbocycles. The third-order valence-electron chi connectivity index (χ3n) is 9.65. The largest absolute Gasteiger partial charge is 2.00 e. The Morgan fingerprint density at radius 3 is 1.20 bits per heavy atom. The van der Waals surface area contributed by atoms with Gasteiger partial charge in [0.1, 0.15) is 36.9 Å². The van der Waals surface area contributed by atoms with Crippen LogP contribution in [0, 0.1) is 13.8 Å². The molecule has 10 nitrogen and oxygen atoms in total. The summed E-state index contributed by atoms with van der Waals surface area (Å²) in [7, 11) is 0. The van der Waals surface area contributed by atoms with E-state index >= 15 is 0 Å². The Labute approximate surface area is 377 Å². The predicted molar refractivity (Wildman–Crippen MR) is 227 cm³/mol. The standard InChI is InChI=1S/2C24H27NO4.Ca/c2*1-3-28-23(24(26)27)17-19-10-12-21(13-11-19)29-16-15-25-18(2)9-14-22(25)20-7-5-4-6-8-20;/h2*4-14,23H,3,15-17H2,1-2H3,(H,26,27);/q;;+2/p-2. The molecule has 0 aliphatic carbocycles. The van der Waals surface area contributed by atoms with Gasteiger partial charge in [0.15, 0.2) is 0 Å². The van der Waals surface area contributed by atoms with E-state index in [0.29, 0.717) is 26.4 Å². The molecule has 2 aromatic heterocycles. The summed E-state index contributed by atoms with van der Waals surface area (Å²) in [5, 5.41) is 22.2. The van der Waals surface area contributed by atoms with Crippen molar-refractivity contribution < 1.29 is 38.7 Å². The summed E-state index contributed by atoms with van der Waals surface area (Å²) < 4.78 is 26.7.